The van der Waals surface area contributed by atoms with E-state index in [-0.39, 0.29) is 5.91 Å². The molecule has 6 heteroatoms. The zero-order valence-electron chi connectivity index (χ0n) is 15.8. The van der Waals surface area contributed by atoms with E-state index >= 15 is 0 Å². The first kappa shape index (κ1) is 19.1. The number of hydrogen-bond donors (Lipinski definition) is 2. The van der Waals surface area contributed by atoms with Crippen LogP contribution >= 0.6 is 11.3 Å². The van der Waals surface area contributed by atoms with Crippen LogP contribution in [0.25, 0.3) is 10.6 Å². The van der Waals surface area contributed by atoms with Crippen LogP contribution in [0, 0.1) is 6.92 Å². The van der Waals surface area contributed by atoms with Crippen molar-refractivity contribution < 1.29 is 14.4 Å². The number of amides is 1. The summed E-state index contributed by atoms with van der Waals surface area (Å²) in [6.45, 7) is 3.15. The number of benzene rings is 2. The SMILES string of the molecule is COc1cccc(NC(=O)C[NH+](C)Cc2csc(-c3ccc(C)cc3)n2)c1. The van der Waals surface area contributed by atoms with Crippen LogP contribution in [0.3, 0.4) is 0 Å². The zero-order valence-corrected chi connectivity index (χ0v) is 16.6. The molecule has 0 fully saturated rings. The zero-order chi connectivity index (χ0) is 19.2. The molecule has 2 N–H and O–H groups in total. The monoisotopic (exact) mass is 382 g/mol. The molecule has 1 amide bonds. The molecule has 1 unspecified atom stereocenters. The second-order valence-electron chi connectivity index (χ2n) is 6.60. The van der Waals surface area contributed by atoms with Gasteiger partial charge < -0.3 is 15.0 Å². The van der Waals surface area contributed by atoms with Crippen LogP contribution in [-0.4, -0.2) is 31.6 Å². The van der Waals surface area contributed by atoms with Gasteiger partial charge in [-0.2, -0.15) is 0 Å². The van der Waals surface area contributed by atoms with Gasteiger partial charge in [-0.05, 0) is 19.1 Å². The number of likely N-dealkylation sites (N-methyl/N-ethyl adjacent to an activating group) is 1. The van der Waals surface area contributed by atoms with Crippen LogP contribution < -0.4 is 15.0 Å². The maximum absolute atomic E-state index is 12.3. The molecule has 0 radical (unpaired) electrons. The number of thiazole rings is 1. The van der Waals surface area contributed by atoms with E-state index in [0.717, 1.165) is 32.6 Å². The minimum Gasteiger partial charge on any atom is -0.497 e. The Hall–Kier alpha value is -2.70. The summed E-state index contributed by atoms with van der Waals surface area (Å²) in [5, 5.41) is 5.99. The van der Waals surface area contributed by atoms with E-state index < -0.39 is 0 Å². The van der Waals surface area contributed by atoms with E-state index in [1.807, 2.05) is 31.3 Å². The van der Waals surface area contributed by atoms with E-state index in [0.29, 0.717) is 13.1 Å². The van der Waals surface area contributed by atoms with Crippen molar-refractivity contribution in [2.75, 3.05) is 26.0 Å². The van der Waals surface area contributed by atoms with Gasteiger partial charge in [0.05, 0.1) is 14.2 Å². The van der Waals surface area contributed by atoms with E-state index in [9.17, 15) is 4.79 Å². The quantitative estimate of drug-likeness (QED) is 0.661. The summed E-state index contributed by atoms with van der Waals surface area (Å²) in [5.74, 6) is 0.689. The van der Waals surface area contributed by atoms with Gasteiger partial charge >= 0.3 is 0 Å². The van der Waals surface area contributed by atoms with Crippen LogP contribution in [0.1, 0.15) is 11.3 Å². The molecule has 2 aromatic carbocycles. The number of carbonyl (C=O) groups excluding carboxylic acids is 1. The molecule has 1 heterocycles. The highest BCUT2D eigenvalue weighted by molar-refractivity contribution is 7.13. The lowest BCUT2D eigenvalue weighted by Gasteiger charge is -2.13. The number of carbonyl (C=O) groups is 1. The predicted octanol–water partition coefficient (Wildman–Crippen LogP) is 2.78. The van der Waals surface area contributed by atoms with E-state index in [4.69, 9.17) is 9.72 Å². The number of ether oxygens (including phenoxy) is 1. The molecule has 3 rings (SSSR count). The van der Waals surface area contributed by atoms with Crippen LogP contribution in [0.2, 0.25) is 0 Å². The fraction of sp³-hybridized carbons (Fsp3) is 0.238. The standard InChI is InChI=1S/C21H23N3O2S/c1-15-7-9-16(10-8-15)21-23-18(14-27-21)12-24(2)13-20(25)22-17-5-4-6-19(11-17)26-3/h4-11,14H,12-13H2,1-3H3,(H,22,25)/p+1. The predicted molar refractivity (Wildman–Crippen MR) is 109 cm³/mol. The van der Waals surface area contributed by atoms with Crippen molar-refractivity contribution in [1.29, 1.82) is 0 Å². The molecular formula is C21H24N3O2S+. The lowest BCUT2D eigenvalue weighted by atomic mass is 10.2. The minimum absolute atomic E-state index is 0.0326. The molecule has 0 aliphatic carbocycles. The first-order valence-corrected chi connectivity index (χ1v) is 9.68. The van der Waals surface area contributed by atoms with Gasteiger partial charge in [0, 0.05) is 22.7 Å². The van der Waals surface area contributed by atoms with Crippen molar-refractivity contribution in [3.8, 4) is 16.3 Å². The number of nitrogens with zero attached hydrogens (tertiary/aromatic N) is 1. The molecule has 140 valence electrons. The Labute approximate surface area is 163 Å². The van der Waals surface area contributed by atoms with Gasteiger partial charge in [-0.1, -0.05) is 35.9 Å². The molecule has 0 saturated carbocycles. The smallest absolute Gasteiger partial charge is 0.279 e. The number of nitrogens with one attached hydrogen (secondary N) is 2. The van der Waals surface area contributed by atoms with Crippen molar-refractivity contribution in [2.45, 2.75) is 13.5 Å². The van der Waals surface area contributed by atoms with Gasteiger partial charge in [0.15, 0.2) is 6.54 Å². The number of methoxy groups -OCH3 is 1. The highest BCUT2D eigenvalue weighted by Gasteiger charge is 2.13. The molecule has 3 aromatic rings. The third-order valence-corrected chi connectivity index (χ3v) is 5.09. The molecular weight excluding hydrogens is 358 g/mol. The number of anilines is 1. The summed E-state index contributed by atoms with van der Waals surface area (Å²) in [6, 6.07) is 15.7. The molecule has 0 aliphatic heterocycles. The van der Waals surface area contributed by atoms with E-state index in [1.165, 1.54) is 5.56 Å². The molecule has 0 spiro atoms. The first-order valence-electron chi connectivity index (χ1n) is 8.80. The Morgan fingerprint density at radius 2 is 2.00 bits per heavy atom. The topological polar surface area (TPSA) is 55.7 Å². The largest absolute Gasteiger partial charge is 0.497 e. The normalized spacial score (nSPS) is 11.8. The van der Waals surface area contributed by atoms with E-state index in [2.05, 4.69) is 41.9 Å². The number of quaternary nitrogens is 1. The number of aromatic nitrogens is 1. The van der Waals surface area contributed by atoms with Crippen molar-refractivity contribution in [2.24, 2.45) is 0 Å². The van der Waals surface area contributed by atoms with Gasteiger partial charge in [-0.3, -0.25) is 4.79 Å². The average Bonchev–Trinajstić information content (AvgIpc) is 3.10. The van der Waals surface area contributed by atoms with Gasteiger partial charge in [-0.15, -0.1) is 11.3 Å². The molecule has 0 aliphatic rings. The van der Waals surface area contributed by atoms with Gasteiger partial charge in [0.2, 0.25) is 0 Å². The second-order valence-corrected chi connectivity index (χ2v) is 7.46. The fourth-order valence-electron chi connectivity index (χ4n) is 2.77. The highest BCUT2D eigenvalue weighted by atomic mass is 32.1. The van der Waals surface area contributed by atoms with Crippen molar-refractivity contribution in [3.05, 3.63) is 65.2 Å². The first-order chi connectivity index (χ1) is 13.0. The van der Waals surface area contributed by atoms with Crippen LogP contribution in [-0.2, 0) is 11.3 Å². The highest BCUT2D eigenvalue weighted by Crippen LogP contribution is 2.23. The molecule has 27 heavy (non-hydrogen) atoms. The van der Waals surface area contributed by atoms with Gasteiger partial charge in [-0.25, -0.2) is 4.98 Å². The van der Waals surface area contributed by atoms with Crippen LogP contribution in [0.15, 0.2) is 53.9 Å². The van der Waals surface area contributed by atoms with Gasteiger partial charge in [0.25, 0.3) is 5.91 Å². The van der Waals surface area contributed by atoms with Crippen molar-refractivity contribution in [1.82, 2.24) is 4.98 Å². The van der Waals surface area contributed by atoms with Crippen LogP contribution in [0.5, 0.6) is 5.75 Å². The Kier molecular flexibility index (Phi) is 6.21. The van der Waals surface area contributed by atoms with Crippen LogP contribution in [0.4, 0.5) is 5.69 Å². The lowest BCUT2D eigenvalue weighted by Crippen LogP contribution is -3.08. The molecule has 1 aromatic heterocycles. The van der Waals surface area contributed by atoms with Crippen molar-refractivity contribution >= 4 is 22.9 Å². The van der Waals surface area contributed by atoms with Crippen molar-refractivity contribution in [3.63, 3.8) is 0 Å². The number of hydrogen-bond acceptors (Lipinski definition) is 4. The summed E-state index contributed by atoms with van der Waals surface area (Å²) < 4.78 is 5.18. The lowest BCUT2D eigenvalue weighted by molar-refractivity contribution is -0.885. The maximum atomic E-state index is 12.3. The summed E-state index contributed by atoms with van der Waals surface area (Å²) in [4.78, 5) is 18.1. The average molecular weight is 383 g/mol. The third-order valence-electron chi connectivity index (χ3n) is 4.15. The summed E-state index contributed by atoms with van der Waals surface area (Å²) in [6.07, 6.45) is 0. The maximum Gasteiger partial charge on any atom is 0.279 e. The molecule has 0 saturated heterocycles. The molecule has 5 nitrogen and oxygen atoms in total. The summed E-state index contributed by atoms with van der Waals surface area (Å²) in [5.41, 5.74) is 4.11. The third kappa shape index (κ3) is 5.39. The number of rotatable bonds is 7. The molecule has 0 bridgehead atoms. The summed E-state index contributed by atoms with van der Waals surface area (Å²) in [7, 11) is 3.60. The van der Waals surface area contributed by atoms with Gasteiger partial charge in [0.1, 0.15) is 23.0 Å². The van der Waals surface area contributed by atoms with E-state index in [1.54, 1.807) is 18.4 Å². The summed E-state index contributed by atoms with van der Waals surface area (Å²) >= 11 is 1.64. The Morgan fingerprint density at radius 3 is 2.74 bits per heavy atom. The Balaban J connectivity index is 1.55. The second kappa shape index (κ2) is 8.79. The Morgan fingerprint density at radius 1 is 1.22 bits per heavy atom. The minimum atomic E-state index is -0.0326. The molecule has 1 atom stereocenters. The number of aryl methyl sites for hydroxylation is 1. The Bertz CT molecular complexity index is 906. The fourth-order valence-corrected chi connectivity index (χ4v) is 3.59.